The van der Waals surface area contributed by atoms with Gasteiger partial charge < -0.3 is 9.47 Å². The van der Waals surface area contributed by atoms with Crippen LogP contribution in [0.2, 0.25) is 5.02 Å². The van der Waals surface area contributed by atoms with Crippen LogP contribution < -0.4 is 9.04 Å². The minimum Gasteiger partial charge on any atom is -0.486 e. The highest BCUT2D eigenvalue weighted by molar-refractivity contribution is 7.92. The zero-order valence-electron chi connectivity index (χ0n) is 22.1. The van der Waals surface area contributed by atoms with Crippen LogP contribution in [0.1, 0.15) is 30.0 Å². The van der Waals surface area contributed by atoms with Gasteiger partial charge in [0.1, 0.15) is 17.7 Å². The fraction of sp³-hybridized carbons (Fsp3) is 0.333. The van der Waals surface area contributed by atoms with Crippen molar-refractivity contribution in [1.82, 2.24) is 4.90 Å². The summed E-state index contributed by atoms with van der Waals surface area (Å²) in [6.45, 7) is 7.77. The summed E-state index contributed by atoms with van der Waals surface area (Å²) in [5.41, 5.74) is 2.99. The summed E-state index contributed by atoms with van der Waals surface area (Å²) < 4.78 is 55.7. The van der Waals surface area contributed by atoms with Gasteiger partial charge in [0.25, 0.3) is 10.0 Å². The van der Waals surface area contributed by atoms with E-state index in [0.29, 0.717) is 52.8 Å². The zero-order chi connectivity index (χ0) is 27.6. The summed E-state index contributed by atoms with van der Waals surface area (Å²) >= 11 is 6.27. The Morgan fingerprint density at radius 1 is 1.10 bits per heavy atom. The molecule has 206 valence electrons. The number of ether oxygens (including phenoxy) is 2. The molecule has 2 aliphatic heterocycles. The Morgan fingerprint density at radius 2 is 1.87 bits per heavy atom. The third-order valence-corrected chi connectivity index (χ3v) is 9.19. The molecular formula is C30H32ClFN2O4S. The third-order valence-electron chi connectivity index (χ3n) is 7.10. The van der Waals surface area contributed by atoms with Crippen LogP contribution in [0.15, 0.2) is 65.6 Å². The van der Waals surface area contributed by atoms with Crippen molar-refractivity contribution in [3.63, 3.8) is 0 Å². The van der Waals surface area contributed by atoms with E-state index in [4.69, 9.17) is 21.1 Å². The molecule has 0 aromatic heterocycles. The van der Waals surface area contributed by atoms with Gasteiger partial charge in [-0.15, -0.1) is 0 Å². The Kier molecular flexibility index (Phi) is 8.28. The van der Waals surface area contributed by atoms with Crippen LogP contribution in [0, 0.1) is 12.7 Å². The number of benzene rings is 3. The van der Waals surface area contributed by atoms with Crippen molar-refractivity contribution < 1.29 is 22.3 Å². The average Bonchev–Trinajstić information content (AvgIpc) is 2.92. The van der Waals surface area contributed by atoms with Gasteiger partial charge in [0.2, 0.25) is 0 Å². The molecular weight excluding hydrogens is 539 g/mol. The molecule has 0 amide bonds. The predicted molar refractivity (Wildman–Crippen MR) is 153 cm³/mol. The predicted octanol–water partition coefficient (Wildman–Crippen LogP) is 6.03. The quantitative estimate of drug-likeness (QED) is 0.325. The van der Waals surface area contributed by atoms with Crippen molar-refractivity contribution in [2.24, 2.45) is 0 Å². The summed E-state index contributed by atoms with van der Waals surface area (Å²) in [5, 5.41) is 0.316. The van der Waals surface area contributed by atoms with Gasteiger partial charge in [0.15, 0.2) is 0 Å². The number of nitrogens with zero attached hydrogens (tertiary/aromatic N) is 2. The SMILES string of the molecule is C/C(=C\c1ccc2c(c1)N(S(=O)(=O)c1cccc(C)c1)C[C@H](CCN1CCOCC1)O2)c1c(F)cccc1Cl. The van der Waals surface area contributed by atoms with Crippen molar-refractivity contribution in [3.8, 4) is 5.75 Å². The van der Waals surface area contributed by atoms with Crippen molar-refractivity contribution in [1.29, 1.82) is 0 Å². The van der Waals surface area contributed by atoms with E-state index in [1.54, 1.807) is 55.5 Å². The first-order valence-electron chi connectivity index (χ1n) is 13.1. The molecule has 3 aromatic rings. The molecule has 1 atom stereocenters. The summed E-state index contributed by atoms with van der Waals surface area (Å²) in [6, 6.07) is 16.9. The molecule has 0 aliphatic carbocycles. The molecule has 0 spiro atoms. The number of anilines is 1. The minimum absolute atomic E-state index is 0.193. The van der Waals surface area contributed by atoms with Crippen LogP contribution in [-0.4, -0.2) is 58.8 Å². The van der Waals surface area contributed by atoms with Crippen LogP contribution in [0.25, 0.3) is 11.6 Å². The second-order valence-corrected chi connectivity index (χ2v) is 12.3. The van der Waals surface area contributed by atoms with Crippen molar-refractivity contribution in [2.75, 3.05) is 43.7 Å². The number of hydrogen-bond donors (Lipinski definition) is 0. The van der Waals surface area contributed by atoms with E-state index in [0.717, 1.165) is 25.2 Å². The molecule has 0 radical (unpaired) electrons. The Morgan fingerprint density at radius 3 is 2.62 bits per heavy atom. The van der Waals surface area contributed by atoms with Crippen LogP contribution in [0.5, 0.6) is 5.75 Å². The van der Waals surface area contributed by atoms with Crippen molar-refractivity contribution in [3.05, 3.63) is 88.2 Å². The maximum atomic E-state index is 14.5. The molecule has 0 bridgehead atoms. The number of hydrogen-bond acceptors (Lipinski definition) is 5. The first-order valence-corrected chi connectivity index (χ1v) is 14.9. The van der Waals surface area contributed by atoms with E-state index >= 15 is 0 Å². The van der Waals surface area contributed by atoms with Crippen LogP contribution in [-0.2, 0) is 14.8 Å². The van der Waals surface area contributed by atoms with E-state index < -0.39 is 15.8 Å². The van der Waals surface area contributed by atoms with Crippen LogP contribution >= 0.6 is 11.6 Å². The van der Waals surface area contributed by atoms with Gasteiger partial charge in [-0.25, -0.2) is 12.8 Å². The molecule has 0 saturated carbocycles. The summed E-state index contributed by atoms with van der Waals surface area (Å²) in [4.78, 5) is 2.55. The topological polar surface area (TPSA) is 59.1 Å². The first kappa shape index (κ1) is 27.6. The number of morpholine rings is 1. The van der Waals surface area contributed by atoms with E-state index in [1.165, 1.54) is 10.4 Å². The lowest BCUT2D eigenvalue weighted by molar-refractivity contribution is 0.0319. The molecule has 39 heavy (non-hydrogen) atoms. The van der Waals surface area contributed by atoms with Gasteiger partial charge >= 0.3 is 0 Å². The van der Waals surface area contributed by atoms with Crippen molar-refractivity contribution >= 4 is 39.0 Å². The fourth-order valence-electron chi connectivity index (χ4n) is 5.05. The molecule has 9 heteroatoms. The molecule has 6 nitrogen and oxygen atoms in total. The highest BCUT2D eigenvalue weighted by atomic mass is 35.5. The Hall–Kier alpha value is -2.91. The van der Waals surface area contributed by atoms with Crippen molar-refractivity contribution in [2.45, 2.75) is 31.3 Å². The van der Waals surface area contributed by atoms with Gasteiger partial charge in [-0.2, -0.15) is 0 Å². The fourth-order valence-corrected chi connectivity index (χ4v) is 6.96. The lowest BCUT2D eigenvalue weighted by atomic mass is 10.0. The number of sulfonamides is 1. The number of allylic oxidation sites excluding steroid dienone is 1. The van der Waals surface area contributed by atoms with Crippen LogP contribution in [0.3, 0.4) is 0 Å². The first-order chi connectivity index (χ1) is 18.7. The second-order valence-electron chi connectivity index (χ2n) is 9.99. The average molecular weight is 571 g/mol. The zero-order valence-corrected chi connectivity index (χ0v) is 23.6. The highest BCUT2D eigenvalue weighted by Gasteiger charge is 2.35. The maximum Gasteiger partial charge on any atom is 0.264 e. The number of halogens is 2. The van der Waals surface area contributed by atoms with Crippen LogP contribution in [0.4, 0.5) is 10.1 Å². The van der Waals surface area contributed by atoms with E-state index in [-0.39, 0.29) is 17.5 Å². The third kappa shape index (κ3) is 6.14. The number of aryl methyl sites for hydroxylation is 1. The van der Waals surface area contributed by atoms with Gasteiger partial charge in [0.05, 0.1) is 35.4 Å². The van der Waals surface area contributed by atoms with E-state index in [2.05, 4.69) is 4.90 Å². The van der Waals surface area contributed by atoms with Gasteiger partial charge in [-0.1, -0.05) is 41.9 Å². The normalized spacial score (nSPS) is 18.5. The molecule has 5 rings (SSSR count). The summed E-state index contributed by atoms with van der Waals surface area (Å²) in [7, 11) is -3.87. The minimum atomic E-state index is -3.87. The largest absolute Gasteiger partial charge is 0.486 e. The second kappa shape index (κ2) is 11.7. The van der Waals surface area contributed by atoms with E-state index in [9.17, 15) is 12.8 Å². The molecule has 3 aromatic carbocycles. The lowest BCUT2D eigenvalue weighted by Gasteiger charge is -2.37. The van der Waals surface area contributed by atoms with Gasteiger partial charge in [-0.3, -0.25) is 9.21 Å². The number of rotatable bonds is 7. The Labute approximate surface area is 234 Å². The van der Waals surface area contributed by atoms with Gasteiger partial charge in [-0.05, 0) is 73.4 Å². The standard InChI is InChI=1S/C30H32ClFN2O4S/c1-21-5-3-6-25(17-21)39(35,36)34-20-24(11-12-33-13-15-37-16-14-33)38-29-10-9-23(19-28(29)34)18-22(2)30-26(31)7-4-8-27(30)32/h3-10,17-19,24H,11-16,20H2,1-2H3/b22-18+/t24-/m0/s1. The molecule has 0 unspecified atom stereocenters. The Bertz CT molecular complexity index is 1470. The van der Waals surface area contributed by atoms with E-state index in [1.807, 2.05) is 19.1 Å². The smallest absolute Gasteiger partial charge is 0.264 e. The maximum absolute atomic E-state index is 14.5. The highest BCUT2D eigenvalue weighted by Crippen LogP contribution is 2.39. The molecule has 2 aliphatic rings. The molecule has 1 fully saturated rings. The summed E-state index contributed by atoms with van der Waals surface area (Å²) in [6.07, 6.45) is 2.18. The molecule has 1 saturated heterocycles. The molecule has 2 heterocycles. The monoisotopic (exact) mass is 570 g/mol. The Balaban J connectivity index is 1.50. The summed E-state index contributed by atoms with van der Waals surface area (Å²) in [5.74, 6) is 0.0903. The number of fused-ring (bicyclic) bond motifs is 1. The van der Waals surface area contributed by atoms with Gasteiger partial charge in [0, 0.05) is 25.2 Å². The molecule has 0 N–H and O–H groups in total. The lowest BCUT2D eigenvalue weighted by Crippen LogP contribution is -2.45.